The van der Waals surface area contributed by atoms with Crippen molar-refractivity contribution in [2.24, 2.45) is 0 Å². The highest BCUT2D eigenvalue weighted by Gasteiger charge is 2.04. The van der Waals surface area contributed by atoms with Crippen LogP contribution in [-0.4, -0.2) is 20.2 Å². The molecule has 0 radical (unpaired) electrons. The smallest absolute Gasteiger partial charge is 0.143 e. The lowest BCUT2D eigenvalue weighted by molar-refractivity contribution is 0.467. The quantitative estimate of drug-likeness (QED) is 0.568. The van der Waals surface area contributed by atoms with Gasteiger partial charge in [0.05, 0.1) is 0 Å². The van der Waals surface area contributed by atoms with Crippen molar-refractivity contribution in [2.75, 3.05) is 0 Å². The van der Waals surface area contributed by atoms with Crippen LogP contribution in [0.5, 0.6) is 11.5 Å². The zero-order chi connectivity index (χ0) is 8.55. The molecule has 0 bridgehead atoms. The molecule has 0 aliphatic heterocycles. The summed E-state index contributed by atoms with van der Waals surface area (Å²) in [5.41, 5.74) is 0.634. The van der Waals surface area contributed by atoms with E-state index in [1.54, 1.807) is 0 Å². The highest BCUT2D eigenvalue weighted by atomic mass is 16.3. The molecule has 12 heavy (non-hydrogen) atoms. The van der Waals surface area contributed by atoms with E-state index in [2.05, 4.69) is 9.97 Å². The van der Waals surface area contributed by atoms with E-state index in [4.69, 9.17) is 0 Å². The fourth-order valence-corrected chi connectivity index (χ4v) is 1.03. The Kier molecular flexibility index (Phi) is 1.33. The summed E-state index contributed by atoms with van der Waals surface area (Å²) in [4.78, 5) is 7.74. The molecule has 1 aromatic heterocycles. The topological polar surface area (TPSA) is 66.2 Å². The first-order chi connectivity index (χ1) is 5.79. The third kappa shape index (κ3) is 0.852. The maximum atomic E-state index is 9.28. The van der Waals surface area contributed by atoms with Crippen molar-refractivity contribution in [2.45, 2.75) is 0 Å². The van der Waals surface area contributed by atoms with Gasteiger partial charge in [-0.1, -0.05) is 0 Å². The normalized spacial score (nSPS) is 10.3. The minimum atomic E-state index is 0.0240. The largest absolute Gasteiger partial charge is 0.506 e. The monoisotopic (exact) mass is 162 g/mol. The first kappa shape index (κ1) is 6.84. The van der Waals surface area contributed by atoms with Gasteiger partial charge in [-0.2, -0.15) is 0 Å². The van der Waals surface area contributed by atoms with Crippen LogP contribution in [0.2, 0.25) is 0 Å². The predicted octanol–water partition coefficient (Wildman–Crippen LogP) is 1.04. The molecular weight excluding hydrogens is 156 g/mol. The molecule has 4 nitrogen and oxygen atoms in total. The summed E-state index contributed by atoms with van der Waals surface area (Å²) < 4.78 is 0. The van der Waals surface area contributed by atoms with Crippen molar-refractivity contribution in [1.29, 1.82) is 0 Å². The molecule has 0 amide bonds. The summed E-state index contributed by atoms with van der Waals surface area (Å²) in [5.74, 6) is 0.0480. The average molecular weight is 162 g/mol. The van der Waals surface area contributed by atoms with Crippen molar-refractivity contribution in [3.05, 3.63) is 24.5 Å². The SMILES string of the molecule is Oc1ccc(O)c2nccnc12. The molecule has 1 heterocycles. The minimum absolute atomic E-state index is 0.0240. The van der Waals surface area contributed by atoms with E-state index in [0.717, 1.165) is 0 Å². The van der Waals surface area contributed by atoms with Crippen LogP contribution in [0.1, 0.15) is 0 Å². The molecular formula is C8H6N2O2. The maximum Gasteiger partial charge on any atom is 0.143 e. The van der Waals surface area contributed by atoms with Gasteiger partial charge in [0.15, 0.2) is 0 Å². The molecule has 0 aliphatic carbocycles. The van der Waals surface area contributed by atoms with Gasteiger partial charge in [-0.15, -0.1) is 0 Å². The van der Waals surface area contributed by atoms with Gasteiger partial charge in [-0.05, 0) is 12.1 Å². The van der Waals surface area contributed by atoms with E-state index in [1.165, 1.54) is 24.5 Å². The number of benzene rings is 1. The van der Waals surface area contributed by atoms with Crippen molar-refractivity contribution in [3.63, 3.8) is 0 Å². The molecule has 0 saturated heterocycles. The van der Waals surface area contributed by atoms with Crippen molar-refractivity contribution in [1.82, 2.24) is 9.97 Å². The summed E-state index contributed by atoms with van der Waals surface area (Å²) in [5, 5.41) is 18.6. The lowest BCUT2D eigenvalue weighted by Crippen LogP contribution is -1.82. The fraction of sp³-hybridized carbons (Fsp3) is 0. The summed E-state index contributed by atoms with van der Waals surface area (Å²) >= 11 is 0. The zero-order valence-corrected chi connectivity index (χ0v) is 6.10. The summed E-state index contributed by atoms with van der Waals surface area (Å²) in [6.45, 7) is 0. The van der Waals surface area contributed by atoms with Gasteiger partial charge in [-0.3, -0.25) is 0 Å². The molecule has 4 heteroatoms. The number of rotatable bonds is 0. The molecule has 0 atom stereocenters. The van der Waals surface area contributed by atoms with Crippen LogP contribution in [0.4, 0.5) is 0 Å². The summed E-state index contributed by atoms with van der Waals surface area (Å²) in [7, 11) is 0. The molecule has 0 saturated carbocycles. The van der Waals surface area contributed by atoms with Crippen LogP contribution in [0.15, 0.2) is 24.5 Å². The molecule has 0 unspecified atom stereocenters. The molecule has 0 spiro atoms. The fourth-order valence-electron chi connectivity index (χ4n) is 1.03. The molecule has 60 valence electrons. The number of phenols is 2. The van der Waals surface area contributed by atoms with Crippen LogP contribution >= 0.6 is 0 Å². The van der Waals surface area contributed by atoms with E-state index >= 15 is 0 Å². The molecule has 1 aromatic carbocycles. The number of aromatic hydroxyl groups is 2. The van der Waals surface area contributed by atoms with Gasteiger partial charge in [0.1, 0.15) is 22.5 Å². The summed E-state index contributed by atoms with van der Waals surface area (Å²) in [6.07, 6.45) is 2.92. The molecule has 0 fully saturated rings. The van der Waals surface area contributed by atoms with Gasteiger partial charge in [0.25, 0.3) is 0 Å². The Morgan fingerprint density at radius 2 is 1.25 bits per heavy atom. The number of hydrogen-bond donors (Lipinski definition) is 2. The Labute approximate surface area is 68.1 Å². The number of phenolic OH excluding ortho intramolecular Hbond substituents is 2. The average Bonchev–Trinajstić information content (AvgIpc) is 2.12. The number of hydrogen-bond acceptors (Lipinski definition) is 4. The van der Waals surface area contributed by atoms with Crippen LogP contribution in [-0.2, 0) is 0 Å². The second-order valence-electron chi connectivity index (χ2n) is 2.36. The third-order valence-electron chi connectivity index (χ3n) is 1.58. The van der Waals surface area contributed by atoms with E-state index in [0.29, 0.717) is 11.0 Å². The van der Waals surface area contributed by atoms with E-state index < -0.39 is 0 Å². The first-order valence-electron chi connectivity index (χ1n) is 3.40. The second kappa shape index (κ2) is 2.34. The van der Waals surface area contributed by atoms with Gasteiger partial charge in [-0.25, -0.2) is 9.97 Å². The van der Waals surface area contributed by atoms with Gasteiger partial charge < -0.3 is 10.2 Å². The zero-order valence-electron chi connectivity index (χ0n) is 6.10. The minimum Gasteiger partial charge on any atom is -0.506 e. The Morgan fingerprint density at radius 3 is 1.67 bits per heavy atom. The highest BCUT2D eigenvalue weighted by Crippen LogP contribution is 2.27. The lowest BCUT2D eigenvalue weighted by Gasteiger charge is -1.99. The van der Waals surface area contributed by atoms with E-state index in [-0.39, 0.29) is 11.5 Å². The number of fused-ring (bicyclic) bond motifs is 1. The molecule has 2 N–H and O–H groups in total. The second-order valence-corrected chi connectivity index (χ2v) is 2.36. The maximum absolute atomic E-state index is 9.28. The Balaban J connectivity index is 2.95. The Bertz CT molecular complexity index is 388. The lowest BCUT2D eigenvalue weighted by atomic mass is 10.2. The molecule has 2 aromatic rings. The molecule has 2 rings (SSSR count). The van der Waals surface area contributed by atoms with E-state index in [1.807, 2.05) is 0 Å². The predicted molar refractivity (Wildman–Crippen MR) is 42.9 cm³/mol. The Morgan fingerprint density at radius 1 is 0.833 bits per heavy atom. The first-order valence-corrected chi connectivity index (χ1v) is 3.40. The van der Waals surface area contributed by atoms with Crippen molar-refractivity contribution >= 4 is 11.0 Å². The Hall–Kier alpha value is -1.84. The van der Waals surface area contributed by atoms with Crippen LogP contribution < -0.4 is 0 Å². The van der Waals surface area contributed by atoms with Crippen molar-refractivity contribution < 1.29 is 10.2 Å². The highest BCUT2D eigenvalue weighted by molar-refractivity contribution is 5.85. The number of aromatic nitrogens is 2. The summed E-state index contributed by atoms with van der Waals surface area (Å²) in [6, 6.07) is 2.76. The van der Waals surface area contributed by atoms with Gasteiger partial charge in [0, 0.05) is 12.4 Å². The van der Waals surface area contributed by atoms with E-state index in [9.17, 15) is 10.2 Å². The standard InChI is InChI=1S/C8H6N2O2/c11-5-1-2-6(12)8-7(5)9-3-4-10-8/h1-4,11-12H. The van der Waals surface area contributed by atoms with Crippen molar-refractivity contribution in [3.8, 4) is 11.5 Å². The van der Waals surface area contributed by atoms with Crippen LogP contribution in [0, 0.1) is 0 Å². The number of nitrogens with zero attached hydrogens (tertiary/aromatic N) is 2. The van der Waals surface area contributed by atoms with Gasteiger partial charge >= 0.3 is 0 Å². The molecule has 0 aliphatic rings. The third-order valence-corrected chi connectivity index (χ3v) is 1.58. The van der Waals surface area contributed by atoms with Crippen LogP contribution in [0.3, 0.4) is 0 Å². The van der Waals surface area contributed by atoms with Crippen LogP contribution in [0.25, 0.3) is 11.0 Å². The van der Waals surface area contributed by atoms with Gasteiger partial charge in [0.2, 0.25) is 0 Å².